The van der Waals surface area contributed by atoms with Crippen LogP contribution in [0.2, 0.25) is 5.02 Å². The second-order valence-corrected chi connectivity index (χ2v) is 4.79. The molecular weight excluding hydrogens is 284 g/mol. The van der Waals surface area contributed by atoms with Gasteiger partial charge in [0.25, 0.3) is 0 Å². The summed E-state index contributed by atoms with van der Waals surface area (Å²) in [5.41, 5.74) is 1.18. The third-order valence-corrected chi connectivity index (χ3v) is 3.31. The van der Waals surface area contributed by atoms with Crippen LogP contribution in [0.4, 0.5) is 14.5 Å². The minimum atomic E-state index is -0.441. The Hall–Kier alpha value is -1.81. The SMILES string of the molecule is COc1ccc(C(C)Nc2cc(F)ccc2Cl)cc1F. The number of rotatable bonds is 4. The van der Waals surface area contributed by atoms with E-state index in [9.17, 15) is 8.78 Å². The van der Waals surface area contributed by atoms with E-state index >= 15 is 0 Å². The van der Waals surface area contributed by atoms with Gasteiger partial charge in [-0.25, -0.2) is 8.78 Å². The topological polar surface area (TPSA) is 21.3 Å². The summed E-state index contributed by atoms with van der Waals surface area (Å²) < 4.78 is 31.7. The first-order valence-corrected chi connectivity index (χ1v) is 6.44. The van der Waals surface area contributed by atoms with Crippen molar-refractivity contribution in [2.24, 2.45) is 0 Å². The molecule has 0 amide bonds. The second kappa shape index (κ2) is 6.09. The summed E-state index contributed by atoms with van der Waals surface area (Å²) in [6.45, 7) is 1.84. The van der Waals surface area contributed by atoms with Gasteiger partial charge >= 0.3 is 0 Å². The van der Waals surface area contributed by atoms with Crippen molar-refractivity contribution in [2.75, 3.05) is 12.4 Å². The summed E-state index contributed by atoms with van der Waals surface area (Å²) in [4.78, 5) is 0. The maximum absolute atomic E-state index is 13.7. The highest BCUT2D eigenvalue weighted by Crippen LogP contribution is 2.28. The van der Waals surface area contributed by atoms with Crippen molar-refractivity contribution < 1.29 is 13.5 Å². The van der Waals surface area contributed by atoms with Gasteiger partial charge in [0.15, 0.2) is 11.6 Å². The van der Waals surface area contributed by atoms with Crippen LogP contribution in [0, 0.1) is 11.6 Å². The van der Waals surface area contributed by atoms with Crippen molar-refractivity contribution in [1.29, 1.82) is 0 Å². The van der Waals surface area contributed by atoms with Crippen LogP contribution in [0.15, 0.2) is 36.4 Å². The molecule has 2 nitrogen and oxygen atoms in total. The Morgan fingerprint density at radius 3 is 2.55 bits per heavy atom. The molecule has 0 spiro atoms. The summed E-state index contributed by atoms with van der Waals surface area (Å²) in [6.07, 6.45) is 0. The van der Waals surface area contributed by atoms with E-state index in [1.54, 1.807) is 12.1 Å². The number of hydrogen-bond donors (Lipinski definition) is 1. The van der Waals surface area contributed by atoms with Crippen molar-refractivity contribution in [3.05, 3.63) is 58.6 Å². The molecule has 2 aromatic carbocycles. The van der Waals surface area contributed by atoms with E-state index in [4.69, 9.17) is 16.3 Å². The molecule has 0 aliphatic carbocycles. The van der Waals surface area contributed by atoms with Crippen molar-refractivity contribution in [1.82, 2.24) is 0 Å². The summed E-state index contributed by atoms with van der Waals surface area (Å²) in [6, 6.07) is 8.51. The number of hydrogen-bond acceptors (Lipinski definition) is 2. The van der Waals surface area contributed by atoms with Crippen LogP contribution in [0.5, 0.6) is 5.75 Å². The Morgan fingerprint density at radius 1 is 1.15 bits per heavy atom. The Balaban J connectivity index is 2.21. The van der Waals surface area contributed by atoms with Gasteiger partial charge in [-0.15, -0.1) is 0 Å². The Labute approximate surface area is 121 Å². The summed E-state index contributed by atoms with van der Waals surface area (Å²) in [5.74, 6) is -0.640. The zero-order chi connectivity index (χ0) is 14.7. The van der Waals surface area contributed by atoms with Gasteiger partial charge in [-0.3, -0.25) is 0 Å². The van der Waals surface area contributed by atoms with Crippen molar-refractivity contribution >= 4 is 17.3 Å². The molecule has 2 aromatic rings. The predicted octanol–water partition coefficient (Wildman–Crippen LogP) is 4.80. The van der Waals surface area contributed by atoms with Gasteiger partial charge in [0, 0.05) is 6.04 Å². The Bertz CT molecular complexity index is 619. The molecule has 0 heterocycles. The number of halogens is 3. The Kier molecular flexibility index (Phi) is 4.45. The van der Waals surface area contributed by atoms with E-state index < -0.39 is 5.82 Å². The van der Waals surface area contributed by atoms with Crippen LogP contribution in [-0.4, -0.2) is 7.11 Å². The quantitative estimate of drug-likeness (QED) is 0.875. The standard InChI is InChI=1S/C15H14ClF2NO/c1-9(10-3-6-15(20-2)13(18)7-10)19-14-8-11(17)4-5-12(14)16/h3-9,19H,1-2H3. The second-order valence-electron chi connectivity index (χ2n) is 4.38. The molecular formula is C15H14ClF2NO. The normalized spacial score (nSPS) is 12.1. The van der Waals surface area contributed by atoms with Crippen molar-refractivity contribution in [2.45, 2.75) is 13.0 Å². The number of benzene rings is 2. The van der Waals surface area contributed by atoms with Gasteiger partial charge in [0.05, 0.1) is 17.8 Å². The minimum absolute atomic E-state index is 0.185. The average Bonchev–Trinajstić information content (AvgIpc) is 2.42. The fraction of sp³-hybridized carbons (Fsp3) is 0.200. The molecule has 0 fully saturated rings. The zero-order valence-electron chi connectivity index (χ0n) is 11.1. The summed E-state index contributed by atoms with van der Waals surface area (Å²) in [5, 5.41) is 3.46. The van der Waals surface area contributed by atoms with E-state index in [2.05, 4.69) is 5.32 Å². The third kappa shape index (κ3) is 3.20. The molecule has 0 aliphatic heterocycles. The first kappa shape index (κ1) is 14.6. The highest BCUT2D eigenvalue weighted by Gasteiger charge is 2.11. The highest BCUT2D eigenvalue weighted by atomic mass is 35.5. The van der Waals surface area contributed by atoms with Crippen LogP contribution in [0.1, 0.15) is 18.5 Å². The average molecular weight is 298 g/mol. The van der Waals surface area contributed by atoms with E-state index in [-0.39, 0.29) is 17.6 Å². The van der Waals surface area contributed by atoms with Gasteiger partial charge in [-0.2, -0.15) is 0 Å². The fourth-order valence-electron chi connectivity index (χ4n) is 1.88. The van der Waals surface area contributed by atoms with Crippen LogP contribution in [0.3, 0.4) is 0 Å². The molecule has 1 N–H and O–H groups in total. The van der Waals surface area contributed by atoms with E-state index in [1.165, 1.54) is 31.4 Å². The molecule has 0 saturated heterocycles. The molecule has 106 valence electrons. The maximum atomic E-state index is 13.7. The molecule has 20 heavy (non-hydrogen) atoms. The van der Waals surface area contributed by atoms with Crippen LogP contribution >= 0.6 is 11.6 Å². The van der Waals surface area contributed by atoms with Gasteiger partial charge in [0.2, 0.25) is 0 Å². The van der Waals surface area contributed by atoms with Crippen LogP contribution in [-0.2, 0) is 0 Å². The third-order valence-electron chi connectivity index (χ3n) is 2.98. The number of nitrogens with one attached hydrogen (secondary N) is 1. The first-order chi connectivity index (χ1) is 9.51. The lowest BCUT2D eigenvalue weighted by atomic mass is 10.1. The molecule has 0 radical (unpaired) electrons. The predicted molar refractivity (Wildman–Crippen MR) is 76.4 cm³/mol. The van der Waals surface area contributed by atoms with E-state index in [1.807, 2.05) is 6.92 Å². The van der Waals surface area contributed by atoms with Crippen LogP contribution in [0.25, 0.3) is 0 Å². The summed E-state index contributed by atoms with van der Waals surface area (Å²) >= 11 is 5.98. The minimum Gasteiger partial charge on any atom is -0.494 e. The van der Waals surface area contributed by atoms with Gasteiger partial charge in [-0.1, -0.05) is 17.7 Å². The molecule has 1 unspecified atom stereocenters. The lowest BCUT2D eigenvalue weighted by molar-refractivity contribution is 0.386. The van der Waals surface area contributed by atoms with Gasteiger partial charge < -0.3 is 10.1 Å². The van der Waals surface area contributed by atoms with E-state index in [0.29, 0.717) is 16.3 Å². The molecule has 0 saturated carbocycles. The number of ether oxygens (including phenoxy) is 1. The van der Waals surface area contributed by atoms with Crippen molar-refractivity contribution in [3.63, 3.8) is 0 Å². The van der Waals surface area contributed by atoms with Gasteiger partial charge in [0.1, 0.15) is 5.82 Å². The number of methoxy groups -OCH3 is 1. The zero-order valence-corrected chi connectivity index (χ0v) is 11.8. The lowest BCUT2D eigenvalue weighted by Crippen LogP contribution is -2.07. The first-order valence-electron chi connectivity index (χ1n) is 6.06. The van der Waals surface area contributed by atoms with E-state index in [0.717, 1.165) is 0 Å². The lowest BCUT2D eigenvalue weighted by Gasteiger charge is -2.17. The largest absolute Gasteiger partial charge is 0.494 e. The van der Waals surface area contributed by atoms with Crippen LogP contribution < -0.4 is 10.1 Å². The molecule has 0 aromatic heterocycles. The fourth-order valence-corrected chi connectivity index (χ4v) is 2.05. The smallest absolute Gasteiger partial charge is 0.165 e. The molecule has 5 heteroatoms. The molecule has 0 bridgehead atoms. The van der Waals surface area contributed by atoms with Gasteiger partial charge in [-0.05, 0) is 42.8 Å². The van der Waals surface area contributed by atoms with Crippen molar-refractivity contribution in [3.8, 4) is 5.75 Å². The Morgan fingerprint density at radius 2 is 1.90 bits per heavy atom. The monoisotopic (exact) mass is 297 g/mol. The maximum Gasteiger partial charge on any atom is 0.165 e. The highest BCUT2D eigenvalue weighted by molar-refractivity contribution is 6.33. The molecule has 0 aliphatic rings. The number of anilines is 1. The molecule has 2 rings (SSSR count). The summed E-state index contributed by atoms with van der Waals surface area (Å²) in [7, 11) is 1.41. The molecule has 1 atom stereocenters.